The number of methoxy groups -OCH3 is 1. The number of ether oxygens (including phenoxy) is 2. The van der Waals surface area contributed by atoms with Gasteiger partial charge in [0.2, 0.25) is 9.84 Å². The highest BCUT2D eigenvalue weighted by atomic mass is 32.2. The molecule has 3 aromatic rings. The van der Waals surface area contributed by atoms with Crippen LogP contribution in [-0.2, 0) is 14.6 Å². The monoisotopic (exact) mass is 469 g/mol. The van der Waals surface area contributed by atoms with Crippen molar-refractivity contribution in [3.63, 3.8) is 0 Å². The summed E-state index contributed by atoms with van der Waals surface area (Å²) in [7, 11) is -2.75. The summed E-state index contributed by atoms with van der Waals surface area (Å²) >= 11 is 0. The summed E-state index contributed by atoms with van der Waals surface area (Å²) in [6, 6.07) is 14.3. The van der Waals surface area contributed by atoms with E-state index in [4.69, 9.17) is 9.47 Å². The van der Waals surface area contributed by atoms with Crippen LogP contribution < -0.4 is 20.0 Å². The van der Waals surface area contributed by atoms with Crippen LogP contribution in [0.4, 0.5) is 4.39 Å². The molecule has 0 saturated heterocycles. The van der Waals surface area contributed by atoms with Crippen LogP contribution in [0.5, 0.6) is 17.2 Å². The van der Waals surface area contributed by atoms with Crippen LogP contribution in [0.3, 0.4) is 0 Å². The van der Waals surface area contributed by atoms with E-state index in [1.54, 1.807) is 38.3 Å². The Labute approximate surface area is 189 Å². The number of benzene rings is 3. The number of halogens is 1. The molecule has 0 aliphatic carbocycles. The minimum atomic E-state index is -4.31. The number of sulfone groups is 1. The molecule has 9 heteroatoms. The maximum absolute atomic E-state index is 14.9. The molecule has 33 heavy (non-hydrogen) atoms. The van der Waals surface area contributed by atoms with Crippen molar-refractivity contribution in [2.24, 2.45) is 4.99 Å². The standard InChI is InChI=1S/C24H20FNO6S/c1-14-19(13-22(27)28)23-21(26-14)12-11-20(25)24(23)33(29,30)18-9-7-17(8-10-18)32-16-5-3-15(31-2)4-6-16/h3-12,14H,13H2,1-2H3,(H,27,28). The Balaban J connectivity index is 1.74. The zero-order valence-electron chi connectivity index (χ0n) is 17.8. The van der Waals surface area contributed by atoms with E-state index in [2.05, 4.69) is 4.99 Å². The van der Waals surface area contributed by atoms with E-state index in [0.717, 1.165) is 6.07 Å². The van der Waals surface area contributed by atoms with Crippen LogP contribution in [0.15, 0.2) is 75.4 Å². The van der Waals surface area contributed by atoms with Crippen LogP contribution in [0.25, 0.3) is 5.57 Å². The van der Waals surface area contributed by atoms with Gasteiger partial charge in [0.25, 0.3) is 0 Å². The van der Waals surface area contributed by atoms with E-state index in [-0.39, 0.29) is 21.0 Å². The van der Waals surface area contributed by atoms with Gasteiger partial charge in [-0.15, -0.1) is 0 Å². The van der Waals surface area contributed by atoms with E-state index in [1.165, 1.54) is 30.3 Å². The average molecular weight is 469 g/mol. The molecule has 1 aliphatic rings. The Morgan fingerprint density at radius 1 is 1.00 bits per heavy atom. The first-order valence-electron chi connectivity index (χ1n) is 9.99. The lowest BCUT2D eigenvalue weighted by Gasteiger charge is -2.11. The minimum Gasteiger partial charge on any atom is -0.497 e. The Hall–Kier alpha value is -3.72. The number of carboxylic acid groups (broad SMARTS) is 1. The molecule has 170 valence electrons. The molecule has 0 spiro atoms. The lowest BCUT2D eigenvalue weighted by Crippen LogP contribution is -2.32. The van der Waals surface area contributed by atoms with Gasteiger partial charge in [-0.1, -0.05) is 0 Å². The molecule has 4 rings (SSSR count). The van der Waals surface area contributed by atoms with Crippen molar-refractivity contribution >= 4 is 21.4 Å². The summed E-state index contributed by atoms with van der Waals surface area (Å²) < 4.78 is 52.5. The highest BCUT2D eigenvalue weighted by molar-refractivity contribution is 7.91. The summed E-state index contributed by atoms with van der Waals surface area (Å²) in [4.78, 5) is 14.9. The van der Waals surface area contributed by atoms with Gasteiger partial charge in [-0.25, -0.2) is 12.8 Å². The molecule has 0 aromatic heterocycles. The first kappa shape index (κ1) is 22.5. The molecule has 1 atom stereocenters. The molecule has 0 fully saturated rings. The molecule has 0 amide bonds. The summed E-state index contributed by atoms with van der Waals surface area (Å²) in [6.45, 7) is 1.65. The van der Waals surface area contributed by atoms with Gasteiger partial charge in [-0.2, -0.15) is 0 Å². The number of aliphatic carboxylic acids is 1. The molecule has 0 saturated carbocycles. The summed E-state index contributed by atoms with van der Waals surface area (Å²) in [5, 5.41) is 9.54. The number of rotatable bonds is 7. The maximum Gasteiger partial charge on any atom is 0.307 e. The van der Waals surface area contributed by atoms with Crippen LogP contribution in [0.1, 0.15) is 13.3 Å². The maximum atomic E-state index is 14.9. The van der Waals surface area contributed by atoms with E-state index in [1.807, 2.05) is 0 Å². The molecular formula is C24H20FNO6S. The molecule has 0 bridgehead atoms. The zero-order chi connectivity index (χ0) is 23.8. The number of fused-ring (bicyclic) bond motifs is 1. The van der Waals surface area contributed by atoms with Crippen LogP contribution >= 0.6 is 0 Å². The summed E-state index contributed by atoms with van der Waals surface area (Å²) in [6.07, 6.45) is -0.432. The Kier molecular flexibility index (Phi) is 5.90. The van der Waals surface area contributed by atoms with Crippen LogP contribution in [-0.4, -0.2) is 32.6 Å². The summed E-state index contributed by atoms with van der Waals surface area (Å²) in [5.41, 5.74) is 0.259. The molecule has 1 heterocycles. The van der Waals surface area contributed by atoms with Gasteiger partial charge < -0.3 is 14.6 Å². The van der Waals surface area contributed by atoms with Crippen molar-refractivity contribution in [3.8, 4) is 17.2 Å². The third kappa shape index (κ3) is 4.31. The topological polar surface area (TPSA) is 102 Å². The number of hydrogen-bond donors (Lipinski definition) is 1. The van der Waals surface area contributed by atoms with Crippen LogP contribution in [0, 0.1) is 5.82 Å². The first-order chi connectivity index (χ1) is 15.7. The van der Waals surface area contributed by atoms with Gasteiger partial charge in [0, 0.05) is 5.22 Å². The quantitative estimate of drug-likeness (QED) is 0.571. The predicted molar refractivity (Wildman–Crippen MR) is 117 cm³/mol. The Morgan fingerprint density at radius 3 is 2.15 bits per heavy atom. The molecule has 7 nitrogen and oxygen atoms in total. The van der Waals surface area contributed by atoms with Gasteiger partial charge in [-0.05, 0) is 73.2 Å². The summed E-state index contributed by atoms with van der Waals surface area (Å²) in [5.74, 6) is -0.519. The number of carboxylic acids is 1. The fourth-order valence-electron chi connectivity index (χ4n) is 3.71. The van der Waals surface area contributed by atoms with Gasteiger partial charge in [0.1, 0.15) is 28.0 Å². The molecule has 0 radical (unpaired) electrons. The average Bonchev–Trinajstić information content (AvgIpc) is 3.09. The molecular weight excluding hydrogens is 449 g/mol. The van der Waals surface area contributed by atoms with Crippen molar-refractivity contribution < 1.29 is 32.2 Å². The second-order valence-electron chi connectivity index (χ2n) is 7.42. The van der Waals surface area contributed by atoms with Crippen molar-refractivity contribution in [2.75, 3.05) is 7.11 Å². The first-order valence-corrected chi connectivity index (χ1v) is 11.5. The third-order valence-electron chi connectivity index (χ3n) is 5.29. The second-order valence-corrected chi connectivity index (χ2v) is 9.31. The normalized spacial score (nSPS) is 15.0. The molecule has 1 unspecified atom stereocenters. The molecule has 1 N–H and O–H groups in total. The third-order valence-corrected chi connectivity index (χ3v) is 7.11. The van der Waals surface area contributed by atoms with Gasteiger partial charge in [-0.3, -0.25) is 9.79 Å². The smallest absolute Gasteiger partial charge is 0.307 e. The van der Waals surface area contributed by atoms with Crippen LogP contribution in [0.2, 0.25) is 0 Å². The van der Waals surface area contributed by atoms with Crippen molar-refractivity contribution in [2.45, 2.75) is 29.2 Å². The number of carbonyl (C=O) groups is 1. The fourth-order valence-corrected chi connectivity index (χ4v) is 5.27. The highest BCUT2D eigenvalue weighted by Crippen LogP contribution is 2.28. The van der Waals surface area contributed by atoms with E-state index < -0.39 is 39.0 Å². The van der Waals surface area contributed by atoms with E-state index >= 15 is 0 Å². The zero-order valence-corrected chi connectivity index (χ0v) is 18.6. The molecule has 1 aliphatic heterocycles. The Morgan fingerprint density at radius 2 is 1.58 bits per heavy atom. The Bertz CT molecular complexity index is 1450. The number of hydrogen-bond acceptors (Lipinski definition) is 6. The van der Waals surface area contributed by atoms with Crippen molar-refractivity contribution in [3.05, 3.63) is 77.1 Å². The van der Waals surface area contributed by atoms with Gasteiger partial charge >= 0.3 is 5.97 Å². The predicted octanol–water partition coefficient (Wildman–Crippen LogP) is 3.11. The van der Waals surface area contributed by atoms with Crippen molar-refractivity contribution in [1.29, 1.82) is 0 Å². The number of nitrogens with zero attached hydrogens (tertiary/aromatic N) is 1. The lowest BCUT2D eigenvalue weighted by molar-refractivity contribution is -0.135. The fraction of sp³-hybridized carbons (Fsp3) is 0.167. The largest absolute Gasteiger partial charge is 0.497 e. The molecule has 3 aromatic carbocycles. The lowest BCUT2D eigenvalue weighted by atomic mass is 10.0. The second kappa shape index (κ2) is 8.67. The minimum absolute atomic E-state index is 0.0310. The van der Waals surface area contributed by atoms with E-state index in [0.29, 0.717) is 17.2 Å². The van der Waals surface area contributed by atoms with E-state index in [9.17, 15) is 22.7 Å². The van der Waals surface area contributed by atoms with Crippen molar-refractivity contribution in [1.82, 2.24) is 0 Å². The van der Waals surface area contributed by atoms with Gasteiger partial charge in [0.05, 0.1) is 29.8 Å². The van der Waals surface area contributed by atoms with Gasteiger partial charge in [0.15, 0.2) is 0 Å². The highest BCUT2D eigenvalue weighted by Gasteiger charge is 2.29. The SMILES string of the molecule is COc1ccc(Oc2ccc(S(=O)(=O)c3c(F)ccc4c3=C(CC(=O)O)C(C)N=4)cc2)cc1.